The summed E-state index contributed by atoms with van der Waals surface area (Å²) in [5.41, 5.74) is 0. The van der Waals surface area contributed by atoms with Crippen LogP contribution in [0, 0.1) is 0 Å². The second-order valence-corrected chi connectivity index (χ2v) is 5.06. The van der Waals surface area contributed by atoms with Crippen molar-refractivity contribution < 1.29 is 4.74 Å². The molecular formula is C13H28N2O. The van der Waals surface area contributed by atoms with E-state index >= 15 is 0 Å². The van der Waals surface area contributed by atoms with Crippen molar-refractivity contribution in [2.45, 2.75) is 51.2 Å². The molecule has 1 fully saturated rings. The number of hydrogen-bond acceptors (Lipinski definition) is 3. The molecule has 0 aromatic heterocycles. The summed E-state index contributed by atoms with van der Waals surface area (Å²) in [6.07, 6.45) is 6.72. The third kappa shape index (κ3) is 5.83. The highest BCUT2D eigenvalue weighted by molar-refractivity contribution is 4.77. The van der Waals surface area contributed by atoms with Gasteiger partial charge < -0.3 is 15.0 Å². The van der Waals surface area contributed by atoms with Gasteiger partial charge in [-0.15, -0.1) is 0 Å². The lowest BCUT2D eigenvalue weighted by atomic mass is 9.93. The highest BCUT2D eigenvalue weighted by Crippen LogP contribution is 2.21. The van der Waals surface area contributed by atoms with Crippen LogP contribution in [0.3, 0.4) is 0 Å². The van der Waals surface area contributed by atoms with E-state index in [4.69, 9.17) is 4.74 Å². The molecule has 1 N–H and O–H groups in total. The summed E-state index contributed by atoms with van der Waals surface area (Å²) >= 11 is 0. The van der Waals surface area contributed by atoms with Gasteiger partial charge in [0.25, 0.3) is 0 Å². The number of rotatable bonds is 7. The molecule has 96 valence electrons. The monoisotopic (exact) mass is 228 g/mol. The van der Waals surface area contributed by atoms with Crippen molar-refractivity contribution in [2.75, 3.05) is 33.8 Å². The van der Waals surface area contributed by atoms with Crippen LogP contribution < -0.4 is 5.32 Å². The molecular weight excluding hydrogens is 200 g/mol. The maximum atomic E-state index is 5.91. The molecule has 1 aliphatic carbocycles. The fourth-order valence-electron chi connectivity index (χ4n) is 2.35. The predicted octanol–water partition coefficient (Wildman–Crippen LogP) is 1.88. The number of nitrogens with one attached hydrogen (secondary N) is 1. The van der Waals surface area contributed by atoms with Crippen LogP contribution in [-0.2, 0) is 4.74 Å². The number of ether oxygens (including phenoxy) is 1. The molecule has 1 aliphatic rings. The Morgan fingerprint density at radius 1 is 1.19 bits per heavy atom. The minimum Gasteiger partial charge on any atom is -0.378 e. The molecule has 0 heterocycles. The quantitative estimate of drug-likeness (QED) is 0.673. The zero-order valence-corrected chi connectivity index (χ0v) is 11.2. The van der Waals surface area contributed by atoms with E-state index < -0.39 is 0 Å². The molecule has 0 saturated heterocycles. The van der Waals surface area contributed by atoms with E-state index in [0.717, 1.165) is 32.2 Å². The first-order valence-corrected chi connectivity index (χ1v) is 6.72. The minimum atomic E-state index is 0.525. The molecule has 0 aliphatic heterocycles. The van der Waals surface area contributed by atoms with E-state index in [1.165, 1.54) is 25.7 Å². The average molecular weight is 228 g/mol. The average Bonchev–Trinajstić information content (AvgIpc) is 2.27. The van der Waals surface area contributed by atoms with Crippen LogP contribution >= 0.6 is 0 Å². The van der Waals surface area contributed by atoms with Gasteiger partial charge >= 0.3 is 0 Å². The van der Waals surface area contributed by atoms with Gasteiger partial charge in [0.05, 0.1) is 6.10 Å². The molecule has 0 amide bonds. The van der Waals surface area contributed by atoms with E-state index in [1.54, 1.807) is 0 Å². The maximum absolute atomic E-state index is 5.91. The normalized spacial score (nSPS) is 26.2. The largest absolute Gasteiger partial charge is 0.378 e. The second-order valence-electron chi connectivity index (χ2n) is 5.06. The standard InChI is InChI=1S/C13H28N2O/c1-4-14-12-6-8-13(9-7-12)16-11-5-10-15(2)3/h12-14H,4-11H2,1-3H3. The maximum Gasteiger partial charge on any atom is 0.0576 e. The first-order valence-electron chi connectivity index (χ1n) is 6.72. The van der Waals surface area contributed by atoms with E-state index in [0.29, 0.717) is 6.10 Å². The Balaban J connectivity index is 1.99. The Bertz CT molecular complexity index is 165. The van der Waals surface area contributed by atoms with Crippen molar-refractivity contribution >= 4 is 0 Å². The fraction of sp³-hybridized carbons (Fsp3) is 1.00. The van der Waals surface area contributed by atoms with Crippen LogP contribution in [0.15, 0.2) is 0 Å². The Morgan fingerprint density at radius 3 is 2.44 bits per heavy atom. The Hall–Kier alpha value is -0.120. The molecule has 0 unspecified atom stereocenters. The Kier molecular flexibility index (Phi) is 7.01. The molecule has 0 bridgehead atoms. The molecule has 16 heavy (non-hydrogen) atoms. The van der Waals surface area contributed by atoms with Crippen molar-refractivity contribution in [3.05, 3.63) is 0 Å². The van der Waals surface area contributed by atoms with Gasteiger partial charge in [-0.05, 0) is 59.3 Å². The smallest absolute Gasteiger partial charge is 0.0576 e. The van der Waals surface area contributed by atoms with E-state index in [1.807, 2.05) is 0 Å². The van der Waals surface area contributed by atoms with Gasteiger partial charge in [-0.3, -0.25) is 0 Å². The van der Waals surface area contributed by atoms with E-state index in [-0.39, 0.29) is 0 Å². The van der Waals surface area contributed by atoms with Crippen molar-refractivity contribution in [3.8, 4) is 0 Å². The molecule has 3 heteroatoms. The Morgan fingerprint density at radius 2 is 1.88 bits per heavy atom. The van der Waals surface area contributed by atoms with Crippen LogP contribution in [0.1, 0.15) is 39.0 Å². The first-order chi connectivity index (χ1) is 7.72. The summed E-state index contributed by atoms with van der Waals surface area (Å²) in [7, 11) is 4.23. The third-order valence-corrected chi connectivity index (χ3v) is 3.27. The first kappa shape index (κ1) is 13.9. The zero-order valence-electron chi connectivity index (χ0n) is 11.2. The van der Waals surface area contributed by atoms with Crippen LogP contribution in [0.25, 0.3) is 0 Å². The highest BCUT2D eigenvalue weighted by Gasteiger charge is 2.20. The summed E-state index contributed by atoms with van der Waals surface area (Å²) in [6, 6.07) is 0.742. The molecule has 1 rings (SSSR count). The van der Waals surface area contributed by atoms with Gasteiger partial charge in [0, 0.05) is 12.6 Å². The molecule has 0 spiro atoms. The lowest BCUT2D eigenvalue weighted by Crippen LogP contribution is -2.35. The summed E-state index contributed by atoms with van der Waals surface area (Å²) in [5.74, 6) is 0. The zero-order chi connectivity index (χ0) is 11.8. The second kappa shape index (κ2) is 8.04. The van der Waals surface area contributed by atoms with Crippen molar-refractivity contribution in [1.29, 1.82) is 0 Å². The number of hydrogen-bond donors (Lipinski definition) is 1. The topological polar surface area (TPSA) is 24.5 Å². The van der Waals surface area contributed by atoms with E-state index in [9.17, 15) is 0 Å². The summed E-state index contributed by atoms with van der Waals surface area (Å²) in [4.78, 5) is 2.21. The van der Waals surface area contributed by atoms with Gasteiger partial charge in [0.15, 0.2) is 0 Å². The molecule has 3 nitrogen and oxygen atoms in total. The lowest BCUT2D eigenvalue weighted by molar-refractivity contribution is 0.0194. The van der Waals surface area contributed by atoms with Crippen LogP contribution in [0.5, 0.6) is 0 Å². The Labute approximate surface area is 101 Å². The van der Waals surface area contributed by atoms with Gasteiger partial charge in [-0.2, -0.15) is 0 Å². The molecule has 1 saturated carbocycles. The SMILES string of the molecule is CCNC1CCC(OCCCN(C)C)CC1. The summed E-state index contributed by atoms with van der Waals surface area (Å²) < 4.78 is 5.91. The highest BCUT2D eigenvalue weighted by atomic mass is 16.5. The van der Waals surface area contributed by atoms with Crippen molar-refractivity contribution in [3.63, 3.8) is 0 Å². The summed E-state index contributed by atoms with van der Waals surface area (Å²) in [6.45, 7) is 5.34. The summed E-state index contributed by atoms with van der Waals surface area (Å²) in [5, 5.41) is 3.52. The van der Waals surface area contributed by atoms with Crippen LogP contribution in [0.4, 0.5) is 0 Å². The predicted molar refractivity (Wildman–Crippen MR) is 68.8 cm³/mol. The number of nitrogens with zero attached hydrogens (tertiary/aromatic N) is 1. The van der Waals surface area contributed by atoms with Gasteiger partial charge in [0.1, 0.15) is 0 Å². The molecule has 0 radical (unpaired) electrons. The molecule has 0 atom stereocenters. The third-order valence-electron chi connectivity index (χ3n) is 3.27. The van der Waals surface area contributed by atoms with Crippen LogP contribution in [0.2, 0.25) is 0 Å². The minimum absolute atomic E-state index is 0.525. The van der Waals surface area contributed by atoms with Gasteiger partial charge in [-0.25, -0.2) is 0 Å². The van der Waals surface area contributed by atoms with Gasteiger partial charge in [-0.1, -0.05) is 6.92 Å². The van der Waals surface area contributed by atoms with Crippen molar-refractivity contribution in [1.82, 2.24) is 10.2 Å². The van der Waals surface area contributed by atoms with Crippen molar-refractivity contribution in [2.24, 2.45) is 0 Å². The lowest BCUT2D eigenvalue weighted by Gasteiger charge is -2.29. The van der Waals surface area contributed by atoms with E-state index in [2.05, 4.69) is 31.2 Å². The van der Waals surface area contributed by atoms with Crippen LogP contribution in [-0.4, -0.2) is 50.8 Å². The fourth-order valence-corrected chi connectivity index (χ4v) is 2.35. The van der Waals surface area contributed by atoms with Gasteiger partial charge in [0.2, 0.25) is 0 Å². The molecule has 0 aromatic rings. The molecule has 0 aromatic carbocycles.